The van der Waals surface area contributed by atoms with Crippen molar-refractivity contribution < 1.29 is 22.0 Å². The topological polar surface area (TPSA) is 9.23 Å². The third-order valence-electron chi connectivity index (χ3n) is 4.32. The van der Waals surface area contributed by atoms with Crippen molar-refractivity contribution >= 4 is 24.2 Å². The van der Waals surface area contributed by atoms with Crippen LogP contribution in [0.1, 0.15) is 47.1 Å². The van der Waals surface area contributed by atoms with Gasteiger partial charge in [-0.2, -0.15) is 13.2 Å². The molecule has 1 aromatic carbocycles. The fourth-order valence-corrected chi connectivity index (χ4v) is 9.15. The Morgan fingerprint density at radius 3 is 1.74 bits per heavy atom. The molecule has 0 aliphatic rings. The molecule has 7 heteroatoms. The Bertz CT molecular complexity index is 534. The molecule has 0 spiro atoms. The molecular weight excluding hydrogens is 392 g/mol. The highest BCUT2D eigenvalue weighted by atomic mass is 79.9. The average Bonchev–Trinajstić information content (AvgIpc) is 2.34. The summed E-state index contributed by atoms with van der Waals surface area (Å²) in [6, 6.07) is 1.60. The third-order valence-corrected chi connectivity index (χ3v) is 11.0. The van der Waals surface area contributed by atoms with Crippen LogP contribution >= 0.6 is 15.9 Å². The van der Waals surface area contributed by atoms with E-state index in [1.807, 2.05) is 41.5 Å². The van der Waals surface area contributed by atoms with Gasteiger partial charge in [-0.1, -0.05) is 57.5 Å². The van der Waals surface area contributed by atoms with E-state index in [1.54, 1.807) is 0 Å². The number of alkyl halides is 3. The Kier molecular flexibility index (Phi) is 6.35. The van der Waals surface area contributed by atoms with E-state index in [2.05, 4.69) is 15.9 Å². The van der Waals surface area contributed by atoms with E-state index in [4.69, 9.17) is 4.43 Å². The molecule has 0 unspecified atom stereocenters. The molecule has 0 aromatic heterocycles. The zero-order valence-corrected chi connectivity index (χ0v) is 16.8. The molecule has 0 amide bonds. The van der Waals surface area contributed by atoms with E-state index in [0.29, 0.717) is 0 Å². The summed E-state index contributed by atoms with van der Waals surface area (Å²) in [7, 11) is -2.52. The molecule has 1 aromatic rings. The standard InChI is InChI=1S/C16H23BrF4OSi/c1-9(2)23(10(3)4,11(5)6)22-15-7-12(16(19,20)21)13(17)8-14(15)18/h7-11H,1-6H3. The van der Waals surface area contributed by atoms with Crippen LogP contribution in [0.3, 0.4) is 0 Å². The van der Waals surface area contributed by atoms with E-state index >= 15 is 0 Å². The second-order valence-corrected chi connectivity index (χ2v) is 12.9. The van der Waals surface area contributed by atoms with E-state index in [9.17, 15) is 17.6 Å². The van der Waals surface area contributed by atoms with Crippen LogP contribution in [-0.4, -0.2) is 8.32 Å². The summed E-state index contributed by atoms with van der Waals surface area (Å²) in [5.41, 5.74) is -0.507. The van der Waals surface area contributed by atoms with Gasteiger partial charge in [-0.3, -0.25) is 0 Å². The first-order valence-electron chi connectivity index (χ1n) is 7.59. The highest BCUT2D eigenvalue weighted by Gasteiger charge is 2.47. The molecule has 1 rings (SSSR count). The molecule has 0 heterocycles. The third kappa shape index (κ3) is 4.10. The van der Waals surface area contributed by atoms with Crippen molar-refractivity contribution in [2.24, 2.45) is 0 Å². The second kappa shape index (κ2) is 7.13. The van der Waals surface area contributed by atoms with Crippen LogP contribution in [-0.2, 0) is 6.18 Å². The molecule has 1 nitrogen and oxygen atoms in total. The molecule has 23 heavy (non-hydrogen) atoms. The maximum absolute atomic E-state index is 14.2. The highest BCUT2D eigenvalue weighted by Crippen LogP contribution is 2.45. The van der Waals surface area contributed by atoms with Crippen LogP contribution in [0.15, 0.2) is 16.6 Å². The highest BCUT2D eigenvalue weighted by molar-refractivity contribution is 9.10. The fourth-order valence-electron chi connectivity index (χ4n) is 3.37. The van der Waals surface area contributed by atoms with E-state index in [1.165, 1.54) is 0 Å². The van der Waals surface area contributed by atoms with Crippen LogP contribution in [0.4, 0.5) is 17.6 Å². The first-order chi connectivity index (χ1) is 10.3. The SMILES string of the molecule is CC(C)[Si](Oc1cc(C(F)(F)F)c(Br)cc1F)(C(C)C)C(C)C. The number of rotatable bonds is 5. The fraction of sp³-hybridized carbons (Fsp3) is 0.625. The van der Waals surface area contributed by atoms with Gasteiger partial charge in [-0.15, -0.1) is 0 Å². The van der Waals surface area contributed by atoms with Crippen LogP contribution in [0.2, 0.25) is 16.6 Å². The lowest BCUT2D eigenvalue weighted by Gasteiger charge is -2.42. The minimum Gasteiger partial charge on any atom is -0.541 e. The summed E-state index contributed by atoms with van der Waals surface area (Å²) in [5, 5.41) is 0. The van der Waals surface area contributed by atoms with Crippen molar-refractivity contribution in [1.82, 2.24) is 0 Å². The van der Waals surface area contributed by atoms with Crippen molar-refractivity contribution in [1.29, 1.82) is 0 Å². The molecule has 0 bridgehead atoms. The van der Waals surface area contributed by atoms with Gasteiger partial charge in [-0.25, -0.2) is 4.39 Å². The molecule has 132 valence electrons. The minimum atomic E-state index is -4.57. The quantitative estimate of drug-likeness (QED) is 0.366. The number of benzene rings is 1. The van der Waals surface area contributed by atoms with Crippen molar-refractivity contribution in [2.45, 2.75) is 64.3 Å². The predicted octanol–water partition coefficient (Wildman–Crippen LogP) is 7.16. The molecule has 0 atom stereocenters. The predicted molar refractivity (Wildman–Crippen MR) is 90.8 cm³/mol. The lowest BCUT2D eigenvalue weighted by molar-refractivity contribution is -0.138. The van der Waals surface area contributed by atoms with Gasteiger partial charge in [-0.05, 0) is 28.8 Å². The Hall–Kier alpha value is -0.563. The van der Waals surface area contributed by atoms with Crippen LogP contribution in [0.5, 0.6) is 5.75 Å². The summed E-state index contributed by atoms with van der Waals surface area (Å²) >= 11 is 2.78. The lowest BCUT2D eigenvalue weighted by Crippen LogP contribution is -2.50. The van der Waals surface area contributed by atoms with Gasteiger partial charge in [0.2, 0.25) is 0 Å². The zero-order valence-electron chi connectivity index (χ0n) is 14.2. The number of halogens is 5. The summed E-state index contributed by atoms with van der Waals surface area (Å²) in [4.78, 5) is 0. The molecule has 0 saturated carbocycles. The molecule has 0 N–H and O–H groups in total. The average molecular weight is 415 g/mol. The number of hydrogen-bond acceptors (Lipinski definition) is 1. The molecule has 0 fully saturated rings. The largest absolute Gasteiger partial charge is 0.541 e. The maximum atomic E-state index is 14.2. The maximum Gasteiger partial charge on any atom is 0.417 e. The Labute approximate surface area is 144 Å². The van der Waals surface area contributed by atoms with Gasteiger partial charge in [0.15, 0.2) is 5.82 Å². The first kappa shape index (κ1) is 20.5. The van der Waals surface area contributed by atoms with Gasteiger partial charge >= 0.3 is 6.18 Å². The molecule has 0 aliphatic heterocycles. The van der Waals surface area contributed by atoms with E-state index < -0.39 is 25.9 Å². The Morgan fingerprint density at radius 2 is 1.39 bits per heavy atom. The Morgan fingerprint density at radius 1 is 0.957 bits per heavy atom. The second-order valence-electron chi connectivity index (χ2n) is 6.68. The minimum absolute atomic E-state index is 0.139. The monoisotopic (exact) mass is 414 g/mol. The summed E-state index contributed by atoms with van der Waals surface area (Å²) in [6.07, 6.45) is -4.57. The van der Waals surface area contributed by atoms with Crippen molar-refractivity contribution in [3.8, 4) is 5.75 Å². The smallest absolute Gasteiger partial charge is 0.417 e. The zero-order chi connectivity index (χ0) is 18.2. The molecule has 0 aliphatic carbocycles. The van der Waals surface area contributed by atoms with Gasteiger partial charge in [0.05, 0.1) is 5.56 Å². The summed E-state index contributed by atoms with van der Waals surface area (Å²) in [6.45, 7) is 12.0. The lowest BCUT2D eigenvalue weighted by atomic mass is 10.2. The molecule has 0 radical (unpaired) electrons. The van der Waals surface area contributed by atoms with Crippen molar-refractivity contribution in [3.05, 3.63) is 28.0 Å². The number of hydrogen-bond donors (Lipinski definition) is 0. The van der Waals surface area contributed by atoms with Crippen LogP contribution in [0, 0.1) is 5.82 Å². The summed E-state index contributed by atoms with van der Waals surface area (Å²) < 4.78 is 59.2. The first-order valence-corrected chi connectivity index (χ1v) is 10.5. The van der Waals surface area contributed by atoms with Gasteiger partial charge < -0.3 is 4.43 Å². The van der Waals surface area contributed by atoms with Crippen LogP contribution < -0.4 is 4.43 Å². The van der Waals surface area contributed by atoms with Gasteiger partial charge in [0.1, 0.15) is 5.75 Å². The normalized spacial score (nSPS) is 13.3. The van der Waals surface area contributed by atoms with Gasteiger partial charge in [0.25, 0.3) is 8.32 Å². The Balaban J connectivity index is 3.46. The van der Waals surface area contributed by atoms with Crippen LogP contribution in [0.25, 0.3) is 0 Å². The van der Waals surface area contributed by atoms with Crippen molar-refractivity contribution in [2.75, 3.05) is 0 Å². The van der Waals surface area contributed by atoms with Crippen molar-refractivity contribution in [3.63, 3.8) is 0 Å². The molecule has 0 saturated heterocycles. The van der Waals surface area contributed by atoms with Gasteiger partial charge in [0, 0.05) is 4.47 Å². The van der Waals surface area contributed by atoms with E-state index in [-0.39, 0.29) is 26.8 Å². The summed E-state index contributed by atoms with van der Waals surface area (Å²) in [5.74, 6) is -1.08. The van der Waals surface area contributed by atoms with E-state index in [0.717, 1.165) is 12.1 Å². The molecular formula is C16H23BrF4OSi.